The Hall–Kier alpha value is -3.36. The van der Waals surface area contributed by atoms with Gasteiger partial charge in [-0.05, 0) is 36.1 Å². The highest BCUT2D eigenvalue weighted by Crippen LogP contribution is 2.32. The maximum atomic E-state index is 6.71. The Morgan fingerprint density at radius 3 is 1.35 bits per heavy atom. The maximum Gasteiger partial charge on any atom is 0.187 e. The molecule has 0 N–H and O–H groups in total. The molecule has 5 rings (SSSR count). The third-order valence-corrected chi connectivity index (χ3v) is 7.25. The van der Waals surface area contributed by atoms with Crippen LogP contribution >= 0.6 is 0 Å². The molecular formula is C37H42O6. The second-order valence-corrected chi connectivity index (χ2v) is 11.0. The molecule has 0 saturated carbocycles. The molecule has 0 amide bonds. The predicted octanol–water partition coefficient (Wildman–Crippen LogP) is 7.11. The summed E-state index contributed by atoms with van der Waals surface area (Å²) in [6.07, 6.45) is -2.73. The lowest BCUT2D eigenvalue weighted by molar-refractivity contribution is -0.334. The standard InChI is InChI=1S/C37H42O6/c1-28(2)42-37-36(41-26-32-21-13-6-14-22-32)35(40-25-31-19-11-5-12-20-31)34(39-24-30-17-9-4-10-18-30)33(43-37)27-38-23-29-15-7-3-8-16-29/h3-22,28,33-37H,23-27H2,1-2H3. The number of benzene rings is 4. The summed E-state index contributed by atoms with van der Waals surface area (Å²) in [5.41, 5.74) is 4.28. The molecule has 1 saturated heterocycles. The Labute approximate surface area is 255 Å². The van der Waals surface area contributed by atoms with Gasteiger partial charge in [0.2, 0.25) is 0 Å². The second kappa shape index (κ2) is 16.5. The van der Waals surface area contributed by atoms with Crippen LogP contribution in [0, 0.1) is 0 Å². The average Bonchev–Trinajstić information content (AvgIpc) is 3.04. The first-order chi connectivity index (χ1) is 21.2. The van der Waals surface area contributed by atoms with E-state index in [9.17, 15) is 0 Å². The van der Waals surface area contributed by atoms with Crippen LogP contribution in [0.25, 0.3) is 0 Å². The zero-order valence-electron chi connectivity index (χ0n) is 25.0. The molecule has 1 aliphatic heterocycles. The van der Waals surface area contributed by atoms with Crippen molar-refractivity contribution in [2.75, 3.05) is 6.61 Å². The van der Waals surface area contributed by atoms with E-state index in [1.54, 1.807) is 0 Å². The Morgan fingerprint density at radius 2 is 0.907 bits per heavy atom. The van der Waals surface area contributed by atoms with Crippen LogP contribution in [0.1, 0.15) is 36.1 Å². The molecule has 5 unspecified atom stereocenters. The highest BCUT2D eigenvalue weighted by Gasteiger charge is 2.49. The quantitative estimate of drug-likeness (QED) is 0.149. The molecule has 0 radical (unpaired) electrons. The van der Waals surface area contributed by atoms with E-state index in [4.69, 9.17) is 28.4 Å². The van der Waals surface area contributed by atoms with Crippen molar-refractivity contribution in [3.63, 3.8) is 0 Å². The third-order valence-electron chi connectivity index (χ3n) is 7.25. The normalized spacial score (nSPS) is 22.1. The van der Waals surface area contributed by atoms with E-state index < -0.39 is 30.7 Å². The van der Waals surface area contributed by atoms with E-state index >= 15 is 0 Å². The van der Waals surface area contributed by atoms with Gasteiger partial charge in [-0.2, -0.15) is 0 Å². The highest BCUT2D eigenvalue weighted by atomic mass is 16.7. The van der Waals surface area contributed by atoms with Gasteiger partial charge in [0, 0.05) is 0 Å². The lowest BCUT2D eigenvalue weighted by atomic mass is 9.97. The molecule has 43 heavy (non-hydrogen) atoms. The van der Waals surface area contributed by atoms with Gasteiger partial charge in [0.15, 0.2) is 6.29 Å². The monoisotopic (exact) mass is 582 g/mol. The van der Waals surface area contributed by atoms with Crippen LogP contribution in [0.15, 0.2) is 121 Å². The molecule has 0 aromatic heterocycles. The first-order valence-electron chi connectivity index (χ1n) is 15.0. The van der Waals surface area contributed by atoms with Gasteiger partial charge >= 0.3 is 0 Å². The van der Waals surface area contributed by atoms with E-state index in [2.05, 4.69) is 36.4 Å². The summed E-state index contributed by atoms with van der Waals surface area (Å²) in [7, 11) is 0. The molecule has 0 spiro atoms. The van der Waals surface area contributed by atoms with Gasteiger partial charge in [0.1, 0.15) is 24.4 Å². The number of rotatable bonds is 15. The molecule has 6 nitrogen and oxygen atoms in total. The molecule has 226 valence electrons. The van der Waals surface area contributed by atoms with E-state index in [1.165, 1.54) is 0 Å². The van der Waals surface area contributed by atoms with Crippen LogP contribution in [-0.2, 0) is 54.8 Å². The van der Waals surface area contributed by atoms with Crippen molar-refractivity contribution in [1.82, 2.24) is 0 Å². The molecule has 1 heterocycles. The van der Waals surface area contributed by atoms with Crippen LogP contribution in [0.5, 0.6) is 0 Å². The molecule has 0 bridgehead atoms. The molecule has 1 fully saturated rings. The summed E-state index contributed by atoms with van der Waals surface area (Å²) >= 11 is 0. The molecule has 4 aromatic rings. The van der Waals surface area contributed by atoms with Crippen LogP contribution in [0.4, 0.5) is 0 Å². The minimum absolute atomic E-state index is 0.0877. The zero-order chi connectivity index (χ0) is 29.7. The summed E-state index contributed by atoms with van der Waals surface area (Å²) in [5, 5.41) is 0. The third kappa shape index (κ3) is 9.57. The molecule has 5 atom stereocenters. The number of ether oxygens (including phenoxy) is 6. The van der Waals surface area contributed by atoms with Gasteiger partial charge in [-0.1, -0.05) is 121 Å². The summed E-state index contributed by atoms with van der Waals surface area (Å²) < 4.78 is 39.2. The summed E-state index contributed by atoms with van der Waals surface area (Å²) in [4.78, 5) is 0. The summed E-state index contributed by atoms with van der Waals surface area (Å²) in [5.74, 6) is 0. The van der Waals surface area contributed by atoms with E-state index in [0.29, 0.717) is 33.0 Å². The lowest BCUT2D eigenvalue weighted by Crippen LogP contribution is -2.62. The van der Waals surface area contributed by atoms with Crippen molar-refractivity contribution in [2.24, 2.45) is 0 Å². The maximum absolute atomic E-state index is 6.71. The van der Waals surface area contributed by atoms with Crippen LogP contribution in [0.2, 0.25) is 0 Å². The first kappa shape index (κ1) is 31.1. The molecule has 4 aromatic carbocycles. The number of hydrogen-bond acceptors (Lipinski definition) is 6. The molecule has 0 aliphatic carbocycles. The second-order valence-electron chi connectivity index (χ2n) is 11.0. The SMILES string of the molecule is CC(C)OC1OC(COCc2ccccc2)C(OCc2ccccc2)C(OCc2ccccc2)C1OCc1ccccc1. The smallest absolute Gasteiger partial charge is 0.187 e. The Morgan fingerprint density at radius 1 is 0.512 bits per heavy atom. The first-order valence-corrected chi connectivity index (χ1v) is 15.0. The summed E-state index contributed by atoms with van der Waals surface area (Å²) in [6, 6.07) is 40.5. The van der Waals surface area contributed by atoms with Gasteiger partial charge in [-0.15, -0.1) is 0 Å². The Kier molecular flexibility index (Phi) is 11.9. The highest BCUT2D eigenvalue weighted by molar-refractivity contribution is 5.16. The van der Waals surface area contributed by atoms with Crippen molar-refractivity contribution >= 4 is 0 Å². The fourth-order valence-corrected chi connectivity index (χ4v) is 5.12. The Bertz CT molecular complexity index is 1300. The molecule has 6 heteroatoms. The van der Waals surface area contributed by atoms with Crippen molar-refractivity contribution in [3.05, 3.63) is 144 Å². The van der Waals surface area contributed by atoms with Gasteiger partial charge < -0.3 is 28.4 Å². The van der Waals surface area contributed by atoms with E-state index in [-0.39, 0.29) is 6.10 Å². The van der Waals surface area contributed by atoms with Crippen molar-refractivity contribution in [2.45, 2.75) is 77.1 Å². The van der Waals surface area contributed by atoms with E-state index in [0.717, 1.165) is 22.3 Å². The fraction of sp³-hybridized carbons (Fsp3) is 0.351. The number of hydrogen-bond donors (Lipinski definition) is 0. The van der Waals surface area contributed by atoms with Crippen molar-refractivity contribution < 1.29 is 28.4 Å². The Balaban J connectivity index is 1.42. The minimum atomic E-state index is -0.675. The van der Waals surface area contributed by atoms with Crippen LogP contribution in [-0.4, -0.2) is 43.4 Å². The lowest BCUT2D eigenvalue weighted by Gasteiger charge is -2.46. The van der Waals surface area contributed by atoms with Gasteiger partial charge in [-0.3, -0.25) is 0 Å². The van der Waals surface area contributed by atoms with Gasteiger partial charge in [-0.25, -0.2) is 0 Å². The average molecular weight is 583 g/mol. The van der Waals surface area contributed by atoms with Gasteiger partial charge in [0.05, 0.1) is 39.1 Å². The van der Waals surface area contributed by atoms with Crippen LogP contribution in [0.3, 0.4) is 0 Å². The molecular weight excluding hydrogens is 540 g/mol. The van der Waals surface area contributed by atoms with Crippen molar-refractivity contribution in [3.8, 4) is 0 Å². The zero-order valence-corrected chi connectivity index (χ0v) is 25.0. The summed E-state index contributed by atoms with van der Waals surface area (Å²) in [6.45, 7) is 5.95. The van der Waals surface area contributed by atoms with Gasteiger partial charge in [0.25, 0.3) is 0 Å². The molecule has 1 aliphatic rings. The van der Waals surface area contributed by atoms with Crippen LogP contribution < -0.4 is 0 Å². The largest absolute Gasteiger partial charge is 0.374 e. The fourth-order valence-electron chi connectivity index (χ4n) is 5.12. The van der Waals surface area contributed by atoms with E-state index in [1.807, 2.05) is 98.8 Å². The topological polar surface area (TPSA) is 55.4 Å². The van der Waals surface area contributed by atoms with Crippen molar-refractivity contribution in [1.29, 1.82) is 0 Å². The predicted molar refractivity (Wildman–Crippen MR) is 166 cm³/mol. The minimum Gasteiger partial charge on any atom is -0.374 e.